The second-order valence-electron chi connectivity index (χ2n) is 6.10. The van der Waals surface area contributed by atoms with Gasteiger partial charge in [0.05, 0.1) is 11.3 Å². The first-order valence-corrected chi connectivity index (χ1v) is 9.90. The van der Waals surface area contributed by atoms with Crippen molar-refractivity contribution >= 4 is 23.6 Å². The summed E-state index contributed by atoms with van der Waals surface area (Å²) in [6, 6.07) is 3.40. The lowest BCUT2D eigenvalue weighted by molar-refractivity contribution is -0.125. The molecular weight excluding hydrogens is 366 g/mol. The Balaban J connectivity index is 1.97. The number of ether oxygens (including phenoxy) is 1. The monoisotopic (exact) mass is 391 g/mol. The molecule has 0 spiro atoms. The molecule has 8 heteroatoms. The van der Waals surface area contributed by atoms with Gasteiger partial charge in [-0.15, -0.1) is 11.8 Å². The molecule has 0 radical (unpaired) electrons. The lowest BCUT2D eigenvalue weighted by Crippen LogP contribution is -2.36. The van der Waals surface area contributed by atoms with Crippen LogP contribution in [0.1, 0.15) is 54.1 Å². The van der Waals surface area contributed by atoms with E-state index in [1.807, 2.05) is 27.7 Å². The number of carbonyl (C=O) groups excluding carboxylic acids is 2. The Morgan fingerprint density at radius 2 is 2.04 bits per heavy atom. The van der Waals surface area contributed by atoms with Crippen LogP contribution in [0.5, 0.6) is 0 Å². The number of pyridine rings is 1. The molecule has 7 nitrogen and oxygen atoms in total. The largest absolute Gasteiger partial charge is 0.452 e. The van der Waals surface area contributed by atoms with Gasteiger partial charge in [0.15, 0.2) is 6.61 Å². The fourth-order valence-corrected chi connectivity index (χ4v) is 3.62. The Hall–Kier alpha value is -2.35. The average molecular weight is 391 g/mol. The van der Waals surface area contributed by atoms with Crippen molar-refractivity contribution in [3.63, 3.8) is 0 Å². The van der Waals surface area contributed by atoms with Crippen LogP contribution >= 0.6 is 11.8 Å². The number of hydrogen-bond donors (Lipinski definition) is 1. The van der Waals surface area contributed by atoms with Gasteiger partial charge in [-0.25, -0.2) is 9.78 Å². The summed E-state index contributed by atoms with van der Waals surface area (Å²) < 4.78 is 10.3. The minimum atomic E-state index is -0.566. The fourth-order valence-electron chi connectivity index (χ4n) is 2.48. The molecule has 1 amide bonds. The van der Waals surface area contributed by atoms with Crippen molar-refractivity contribution < 1.29 is 18.8 Å². The van der Waals surface area contributed by atoms with Crippen LogP contribution in [-0.4, -0.2) is 34.7 Å². The van der Waals surface area contributed by atoms with Gasteiger partial charge in [-0.2, -0.15) is 0 Å². The van der Waals surface area contributed by atoms with Crippen LogP contribution in [0.25, 0.3) is 0 Å². The molecule has 0 fully saturated rings. The third kappa shape index (κ3) is 5.82. The number of amides is 1. The van der Waals surface area contributed by atoms with E-state index in [-0.39, 0.29) is 18.6 Å². The second kappa shape index (κ2) is 10.1. The van der Waals surface area contributed by atoms with E-state index in [4.69, 9.17) is 9.26 Å². The van der Waals surface area contributed by atoms with Crippen molar-refractivity contribution in [2.45, 2.75) is 57.4 Å². The minimum Gasteiger partial charge on any atom is -0.452 e. The Morgan fingerprint density at radius 3 is 2.67 bits per heavy atom. The Labute approximate surface area is 163 Å². The van der Waals surface area contributed by atoms with Crippen LogP contribution < -0.4 is 5.32 Å². The molecule has 146 valence electrons. The van der Waals surface area contributed by atoms with Gasteiger partial charge in [0, 0.05) is 23.6 Å². The third-order valence-corrected chi connectivity index (χ3v) is 5.24. The number of carbonyl (C=O) groups is 2. The van der Waals surface area contributed by atoms with Crippen LogP contribution in [0.15, 0.2) is 27.9 Å². The highest BCUT2D eigenvalue weighted by atomic mass is 32.2. The summed E-state index contributed by atoms with van der Waals surface area (Å²) in [5.41, 5.74) is 2.14. The van der Waals surface area contributed by atoms with E-state index in [9.17, 15) is 9.59 Å². The molecular formula is C19H25N3O4S. The minimum absolute atomic E-state index is 0.0933. The smallest absolute Gasteiger partial charge is 0.341 e. The Bertz CT molecular complexity index is 768. The summed E-state index contributed by atoms with van der Waals surface area (Å²) in [4.78, 5) is 28.6. The van der Waals surface area contributed by atoms with Gasteiger partial charge in [0.25, 0.3) is 5.91 Å². The maximum atomic E-state index is 12.4. The zero-order valence-electron chi connectivity index (χ0n) is 16.1. The lowest BCUT2D eigenvalue weighted by atomic mass is 10.2. The summed E-state index contributed by atoms with van der Waals surface area (Å²) in [5.74, 6) is 0.459. The zero-order chi connectivity index (χ0) is 19.8. The highest BCUT2D eigenvalue weighted by Crippen LogP contribution is 2.27. The lowest BCUT2D eigenvalue weighted by Gasteiger charge is -2.14. The van der Waals surface area contributed by atoms with Gasteiger partial charge in [-0.05, 0) is 38.8 Å². The van der Waals surface area contributed by atoms with E-state index < -0.39 is 5.97 Å². The standard InChI is InChI=1S/C19H25N3O4S/c1-5-14(6-2)21-17(23)10-25-19(24)15-8-7-9-20-18(15)27-11-16-12(3)22-26-13(16)4/h7-9,14H,5-6,10-11H2,1-4H3,(H,21,23). The van der Waals surface area contributed by atoms with Crippen molar-refractivity contribution in [1.29, 1.82) is 0 Å². The molecule has 0 unspecified atom stereocenters. The van der Waals surface area contributed by atoms with Crippen LogP contribution in [-0.2, 0) is 15.3 Å². The maximum Gasteiger partial charge on any atom is 0.341 e. The number of rotatable bonds is 9. The highest BCUT2D eigenvalue weighted by molar-refractivity contribution is 7.98. The number of aryl methyl sites for hydroxylation is 2. The van der Waals surface area contributed by atoms with E-state index in [1.165, 1.54) is 11.8 Å². The second-order valence-corrected chi connectivity index (χ2v) is 7.07. The predicted molar refractivity (Wildman–Crippen MR) is 103 cm³/mol. The Morgan fingerprint density at radius 1 is 1.30 bits per heavy atom. The first-order chi connectivity index (χ1) is 13.0. The predicted octanol–water partition coefficient (Wildman–Crippen LogP) is 3.44. The van der Waals surface area contributed by atoms with E-state index in [2.05, 4.69) is 15.5 Å². The summed E-state index contributed by atoms with van der Waals surface area (Å²) in [5, 5.41) is 7.31. The number of hydrogen-bond acceptors (Lipinski definition) is 7. The highest BCUT2D eigenvalue weighted by Gasteiger charge is 2.18. The summed E-state index contributed by atoms with van der Waals surface area (Å²) >= 11 is 1.40. The molecule has 0 aliphatic carbocycles. The van der Waals surface area contributed by atoms with Gasteiger partial charge >= 0.3 is 5.97 Å². The molecule has 0 saturated carbocycles. The molecule has 0 aliphatic heterocycles. The number of aromatic nitrogens is 2. The third-order valence-electron chi connectivity index (χ3n) is 4.21. The fraction of sp³-hybridized carbons (Fsp3) is 0.474. The quantitative estimate of drug-likeness (QED) is 0.517. The van der Waals surface area contributed by atoms with E-state index >= 15 is 0 Å². The van der Waals surface area contributed by atoms with Crippen molar-refractivity contribution in [3.05, 3.63) is 40.9 Å². The zero-order valence-corrected chi connectivity index (χ0v) is 16.9. The molecule has 27 heavy (non-hydrogen) atoms. The molecule has 2 rings (SSSR count). The van der Waals surface area contributed by atoms with Crippen molar-refractivity contribution in [1.82, 2.24) is 15.5 Å². The normalized spacial score (nSPS) is 10.9. The summed E-state index contributed by atoms with van der Waals surface area (Å²) in [6.07, 6.45) is 3.29. The van der Waals surface area contributed by atoms with Crippen LogP contribution in [0.2, 0.25) is 0 Å². The number of esters is 1. The van der Waals surface area contributed by atoms with E-state index in [0.717, 1.165) is 29.9 Å². The van der Waals surface area contributed by atoms with Crippen molar-refractivity contribution in [2.24, 2.45) is 0 Å². The molecule has 0 bridgehead atoms. The Kier molecular flexibility index (Phi) is 7.84. The first-order valence-electron chi connectivity index (χ1n) is 8.92. The van der Waals surface area contributed by atoms with Gasteiger partial charge in [-0.3, -0.25) is 4.79 Å². The molecule has 0 aliphatic rings. The average Bonchev–Trinajstić information content (AvgIpc) is 3.00. The summed E-state index contributed by atoms with van der Waals surface area (Å²) in [7, 11) is 0. The number of nitrogens with one attached hydrogen (secondary N) is 1. The van der Waals surface area contributed by atoms with Crippen LogP contribution in [0.3, 0.4) is 0 Å². The molecule has 0 aromatic carbocycles. The molecule has 0 saturated heterocycles. The topological polar surface area (TPSA) is 94.3 Å². The first kappa shape index (κ1) is 21.0. The van der Waals surface area contributed by atoms with E-state index in [0.29, 0.717) is 16.3 Å². The number of nitrogens with zero attached hydrogens (tertiary/aromatic N) is 2. The van der Waals surface area contributed by atoms with Gasteiger partial charge in [0.1, 0.15) is 10.8 Å². The van der Waals surface area contributed by atoms with Crippen LogP contribution in [0, 0.1) is 13.8 Å². The van der Waals surface area contributed by atoms with Crippen molar-refractivity contribution in [2.75, 3.05) is 6.61 Å². The van der Waals surface area contributed by atoms with E-state index in [1.54, 1.807) is 18.3 Å². The maximum absolute atomic E-state index is 12.4. The molecule has 0 atom stereocenters. The molecule has 2 aromatic rings. The van der Waals surface area contributed by atoms with Crippen molar-refractivity contribution in [3.8, 4) is 0 Å². The van der Waals surface area contributed by atoms with Gasteiger partial charge < -0.3 is 14.6 Å². The van der Waals surface area contributed by atoms with Gasteiger partial charge in [0.2, 0.25) is 0 Å². The SMILES string of the molecule is CCC(CC)NC(=O)COC(=O)c1cccnc1SCc1c(C)noc1C. The number of thioether (sulfide) groups is 1. The molecule has 2 heterocycles. The summed E-state index contributed by atoms with van der Waals surface area (Å²) in [6.45, 7) is 7.41. The molecule has 2 aromatic heterocycles. The van der Waals surface area contributed by atoms with Gasteiger partial charge in [-0.1, -0.05) is 19.0 Å². The van der Waals surface area contributed by atoms with Crippen LogP contribution in [0.4, 0.5) is 0 Å². The molecule has 1 N–H and O–H groups in total.